The Morgan fingerprint density at radius 2 is 1.86 bits per heavy atom. The minimum Gasteiger partial charge on any atom is -0.333 e. The molecule has 0 aliphatic heterocycles. The lowest BCUT2D eigenvalue weighted by Gasteiger charge is -2.12. The summed E-state index contributed by atoms with van der Waals surface area (Å²) in [6, 6.07) is 8.59. The molecule has 2 N–H and O–H groups in total. The Kier molecular flexibility index (Phi) is 5.96. The van der Waals surface area contributed by atoms with Crippen molar-refractivity contribution in [3.8, 4) is 11.4 Å². The molecule has 1 atom stereocenters. The molecule has 0 aliphatic rings. The molecule has 0 saturated heterocycles. The number of halogens is 4. The third-order valence-electron chi connectivity index (χ3n) is 3.80. The largest absolute Gasteiger partial charge is 0.333 e. The standard InChI is InChI=1S/C18H14ClF3N4O2/c1-26(8-14(27)23-13-7-6-12(20)16(21)17(13)22)9-15-24-18(25-28-15)10-2-4-11(19)5-3-10/h2-7H,8-9H2,1H3,(H,23,27)/p+1. The van der Waals surface area contributed by atoms with Crippen molar-refractivity contribution < 1.29 is 27.4 Å². The van der Waals surface area contributed by atoms with Crippen molar-refractivity contribution in [1.82, 2.24) is 10.1 Å². The van der Waals surface area contributed by atoms with E-state index in [-0.39, 0.29) is 13.1 Å². The van der Waals surface area contributed by atoms with E-state index in [9.17, 15) is 18.0 Å². The van der Waals surface area contributed by atoms with Gasteiger partial charge in [-0.3, -0.25) is 4.79 Å². The van der Waals surface area contributed by atoms with Crippen molar-refractivity contribution in [3.05, 3.63) is 64.8 Å². The summed E-state index contributed by atoms with van der Waals surface area (Å²) >= 11 is 5.84. The van der Waals surface area contributed by atoms with Crippen LogP contribution in [0.3, 0.4) is 0 Å². The third-order valence-corrected chi connectivity index (χ3v) is 4.05. The van der Waals surface area contributed by atoms with Crippen LogP contribution in [0.15, 0.2) is 40.9 Å². The first-order valence-corrected chi connectivity index (χ1v) is 8.54. The first kappa shape index (κ1) is 19.8. The minimum atomic E-state index is -1.64. The zero-order valence-corrected chi connectivity index (χ0v) is 15.4. The molecule has 10 heteroatoms. The number of benzene rings is 2. The summed E-state index contributed by atoms with van der Waals surface area (Å²) in [5.74, 6) is -4.32. The first-order valence-electron chi connectivity index (χ1n) is 8.16. The van der Waals surface area contributed by atoms with E-state index < -0.39 is 29.0 Å². The van der Waals surface area contributed by atoms with Gasteiger partial charge in [0.05, 0.1) is 12.7 Å². The highest BCUT2D eigenvalue weighted by atomic mass is 35.5. The lowest BCUT2D eigenvalue weighted by atomic mass is 10.2. The molecule has 1 heterocycles. The van der Waals surface area contributed by atoms with Crippen molar-refractivity contribution in [2.75, 3.05) is 18.9 Å². The van der Waals surface area contributed by atoms with Gasteiger partial charge in [-0.15, -0.1) is 0 Å². The van der Waals surface area contributed by atoms with Crippen LogP contribution in [0.2, 0.25) is 5.02 Å². The van der Waals surface area contributed by atoms with E-state index in [1.165, 1.54) is 0 Å². The van der Waals surface area contributed by atoms with Crippen LogP contribution >= 0.6 is 11.6 Å². The highest BCUT2D eigenvalue weighted by molar-refractivity contribution is 6.30. The SMILES string of the molecule is C[NH+](CC(=O)Nc1ccc(F)c(F)c1F)Cc1nc(-c2ccc(Cl)cc2)no1. The van der Waals surface area contributed by atoms with Crippen molar-refractivity contribution in [2.45, 2.75) is 6.54 Å². The van der Waals surface area contributed by atoms with Crippen molar-refractivity contribution in [1.29, 1.82) is 0 Å². The molecular formula is C18H15ClF3N4O2+. The molecule has 6 nitrogen and oxygen atoms in total. The van der Waals surface area contributed by atoms with Crippen LogP contribution < -0.4 is 10.2 Å². The number of nitrogens with zero attached hydrogens (tertiary/aromatic N) is 2. The van der Waals surface area contributed by atoms with Crippen LogP contribution in [0.5, 0.6) is 0 Å². The average molecular weight is 412 g/mol. The summed E-state index contributed by atoms with van der Waals surface area (Å²) in [6.45, 7) is 0.144. The number of nitrogens with one attached hydrogen (secondary N) is 2. The second-order valence-electron chi connectivity index (χ2n) is 6.10. The van der Waals surface area contributed by atoms with E-state index in [0.717, 1.165) is 17.7 Å². The van der Waals surface area contributed by atoms with Crippen LogP contribution in [0, 0.1) is 17.5 Å². The Morgan fingerprint density at radius 1 is 1.14 bits per heavy atom. The lowest BCUT2D eigenvalue weighted by Crippen LogP contribution is -3.08. The fourth-order valence-corrected chi connectivity index (χ4v) is 2.58. The van der Waals surface area contributed by atoms with E-state index in [4.69, 9.17) is 16.1 Å². The molecule has 3 aromatic rings. The minimum absolute atomic E-state index is 0.0862. The maximum atomic E-state index is 13.6. The first-order chi connectivity index (χ1) is 13.3. The van der Waals surface area contributed by atoms with Gasteiger partial charge in [-0.1, -0.05) is 16.8 Å². The van der Waals surface area contributed by atoms with Crippen LogP contribution in [-0.4, -0.2) is 29.6 Å². The van der Waals surface area contributed by atoms with Gasteiger partial charge in [-0.2, -0.15) is 4.98 Å². The van der Waals surface area contributed by atoms with Gasteiger partial charge in [0, 0.05) is 10.6 Å². The Bertz CT molecular complexity index is 995. The topological polar surface area (TPSA) is 72.5 Å². The zero-order valence-electron chi connectivity index (χ0n) is 14.6. The Balaban J connectivity index is 1.58. The molecule has 1 amide bonds. The summed E-state index contributed by atoms with van der Waals surface area (Å²) < 4.78 is 44.9. The molecule has 28 heavy (non-hydrogen) atoms. The number of rotatable bonds is 6. The number of carbonyl (C=O) groups excluding carboxylic acids is 1. The summed E-state index contributed by atoms with van der Waals surface area (Å²) in [5.41, 5.74) is 0.295. The van der Waals surface area contributed by atoms with E-state index in [0.29, 0.717) is 21.6 Å². The monoisotopic (exact) mass is 411 g/mol. The van der Waals surface area contributed by atoms with Gasteiger partial charge in [0.15, 0.2) is 30.5 Å². The molecule has 1 aromatic heterocycles. The molecule has 1 unspecified atom stereocenters. The van der Waals surface area contributed by atoms with E-state index >= 15 is 0 Å². The quantitative estimate of drug-likeness (QED) is 0.611. The predicted molar refractivity (Wildman–Crippen MR) is 95.1 cm³/mol. The van der Waals surface area contributed by atoms with E-state index in [2.05, 4.69) is 15.5 Å². The second kappa shape index (κ2) is 8.41. The third kappa shape index (κ3) is 4.68. The van der Waals surface area contributed by atoms with Crippen molar-refractivity contribution in [2.24, 2.45) is 0 Å². The fraction of sp³-hybridized carbons (Fsp3) is 0.167. The van der Waals surface area contributed by atoms with Crippen molar-refractivity contribution >= 4 is 23.2 Å². The number of anilines is 1. The van der Waals surface area contributed by atoms with Crippen LogP contribution in [-0.2, 0) is 11.3 Å². The molecule has 0 radical (unpaired) electrons. The predicted octanol–water partition coefficient (Wildman–Crippen LogP) is 2.46. The number of hydrogen-bond donors (Lipinski definition) is 2. The van der Waals surface area contributed by atoms with E-state index in [1.807, 2.05) is 0 Å². The number of carbonyl (C=O) groups is 1. The van der Waals surface area contributed by atoms with Gasteiger partial charge in [0.1, 0.15) is 0 Å². The second-order valence-corrected chi connectivity index (χ2v) is 6.54. The Labute approximate surface area is 162 Å². The van der Waals surface area contributed by atoms with Crippen LogP contribution in [0.4, 0.5) is 18.9 Å². The summed E-state index contributed by atoms with van der Waals surface area (Å²) in [7, 11) is 1.69. The number of likely N-dealkylation sites (N-methyl/N-ethyl adjacent to an activating group) is 1. The summed E-state index contributed by atoms with van der Waals surface area (Å²) in [6.07, 6.45) is 0. The molecule has 0 saturated carbocycles. The Morgan fingerprint density at radius 3 is 2.57 bits per heavy atom. The normalized spacial score (nSPS) is 12.0. The fourth-order valence-electron chi connectivity index (χ4n) is 2.45. The van der Waals surface area contributed by atoms with Crippen LogP contribution in [0.25, 0.3) is 11.4 Å². The molecule has 0 fully saturated rings. The van der Waals surface area contributed by atoms with Gasteiger partial charge in [0.25, 0.3) is 11.8 Å². The molecule has 0 spiro atoms. The maximum Gasteiger partial charge on any atom is 0.282 e. The van der Waals surface area contributed by atoms with Gasteiger partial charge < -0.3 is 14.7 Å². The molecule has 3 rings (SSSR count). The number of aromatic nitrogens is 2. The summed E-state index contributed by atoms with van der Waals surface area (Å²) in [5, 5.41) is 6.67. The van der Waals surface area contributed by atoms with Crippen molar-refractivity contribution in [3.63, 3.8) is 0 Å². The number of quaternary nitrogens is 1. The lowest BCUT2D eigenvalue weighted by molar-refractivity contribution is -0.886. The van der Waals surface area contributed by atoms with Gasteiger partial charge in [0.2, 0.25) is 5.82 Å². The van der Waals surface area contributed by atoms with E-state index in [1.54, 1.807) is 31.3 Å². The smallest absolute Gasteiger partial charge is 0.282 e. The maximum absolute atomic E-state index is 13.6. The van der Waals surface area contributed by atoms with Gasteiger partial charge >= 0.3 is 0 Å². The number of hydrogen-bond acceptors (Lipinski definition) is 4. The average Bonchev–Trinajstić information content (AvgIpc) is 3.11. The molecule has 2 aromatic carbocycles. The number of amides is 1. The molecule has 0 aliphatic carbocycles. The molecule has 0 bridgehead atoms. The zero-order chi connectivity index (χ0) is 20.3. The van der Waals surface area contributed by atoms with Crippen LogP contribution in [0.1, 0.15) is 5.89 Å². The highest BCUT2D eigenvalue weighted by Crippen LogP contribution is 2.20. The molecular weight excluding hydrogens is 397 g/mol. The molecule has 146 valence electrons. The Hall–Kier alpha value is -2.91. The summed E-state index contributed by atoms with van der Waals surface area (Å²) in [4.78, 5) is 16.9. The van der Waals surface area contributed by atoms with Gasteiger partial charge in [-0.05, 0) is 36.4 Å². The highest BCUT2D eigenvalue weighted by Gasteiger charge is 2.19. The van der Waals surface area contributed by atoms with Gasteiger partial charge in [-0.25, -0.2) is 13.2 Å².